The Morgan fingerprint density at radius 2 is 2.09 bits per heavy atom. The third kappa shape index (κ3) is 2.83. The largest absolute Gasteiger partial charge is 0.481 e. The molecule has 0 spiro atoms. The summed E-state index contributed by atoms with van der Waals surface area (Å²) < 4.78 is 0. The van der Waals surface area contributed by atoms with E-state index in [9.17, 15) is 14.7 Å². The Morgan fingerprint density at radius 3 is 2.78 bits per heavy atom. The Hall–Kier alpha value is -1.59. The SMILES string of the molecule is CN1CCC[C@]2(C(=O)O)CCN(C(=O)c3cccc(Cl)c3)C[C@@H]12. The van der Waals surface area contributed by atoms with E-state index in [0.717, 1.165) is 13.0 Å². The molecule has 2 aliphatic heterocycles. The minimum Gasteiger partial charge on any atom is -0.481 e. The zero-order valence-corrected chi connectivity index (χ0v) is 13.9. The van der Waals surface area contributed by atoms with Crippen molar-refractivity contribution in [2.75, 3.05) is 26.7 Å². The second-order valence-corrected chi connectivity index (χ2v) is 7.01. The lowest BCUT2D eigenvalue weighted by atomic mass is 9.68. The number of aliphatic carboxylic acids is 1. The molecule has 1 aromatic carbocycles. The summed E-state index contributed by atoms with van der Waals surface area (Å²) in [7, 11) is 1.95. The molecule has 2 atom stereocenters. The molecule has 2 fully saturated rings. The van der Waals surface area contributed by atoms with Gasteiger partial charge in [-0.1, -0.05) is 17.7 Å². The quantitative estimate of drug-likeness (QED) is 0.900. The maximum absolute atomic E-state index is 12.7. The van der Waals surface area contributed by atoms with Crippen LogP contribution in [0.3, 0.4) is 0 Å². The molecule has 0 radical (unpaired) electrons. The topological polar surface area (TPSA) is 60.9 Å². The minimum atomic E-state index is -0.732. The Kier molecular flexibility index (Phi) is 4.34. The number of piperidine rings is 2. The van der Waals surface area contributed by atoms with Crippen molar-refractivity contribution in [1.29, 1.82) is 0 Å². The zero-order chi connectivity index (χ0) is 16.6. The number of hydrogen-bond acceptors (Lipinski definition) is 3. The van der Waals surface area contributed by atoms with Gasteiger partial charge in [-0.3, -0.25) is 9.59 Å². The summed E-state index contributed by atoms with van der Waals surface area (Å²) in [6.07, 6.45) is 2.09. The normalized spacial score (nSPS) is 28.3. The van der Waals surface area contributed by atoms with Crippen LogP contribution in [0.2, 0.25) is 5.02 Å². The fraction of sp³-hybridized carbons (Fsp3) is 0.529. The van der Waals surface area contributed by atoms with Gasteiger partial charge in [0.2, 0.25) is 0 Å². The standard InChI is InChI=1S/C17H21ClN2O3/c1-19-8-3-6-17(16(22)23)7-9-20(11-14(17)19)15(21)12-4-2-5-13(18)10-12/h2,4-5,10,14H,3,6-9,11H2,1H3,(H,22,23)/t14-,17+/m1/s1. The van der Waals surface area contributed by atoms with E-state index in [-0.39, 0.29) is 11.9 Å². The summed E-state index contributed by atoms with van der Waals surface area (Å²) in [6.45, 7) is 1.80. The van der Waals surface area contributed by atoms with E-state index in [1.165, 1.54) is 0 Å². The molecule has 5 nitrogen and oxygen atoms in total. The number of carbonyl (C=O) groups is 2. The lowest BCUT2D eigenvalue weighted by molar-refractivity contribution is -0.161. The third-order valence-electron chi connectivity index (χ3n) is 5.31. The number of carboxylic acid groups (broad SMARTS) is 1. The van der Waals surface area contributed by atoms with Crippen molar-refractivity contribution in [3.05, 3.63) is 34.9 Å². The van der Waals surface area contributed by atoms with E-state index < -0.39 is 11.4 Å². The Labute approximate surface area is 140 Å². The first-order valence-electron chi connectivity index (χ1n) is 7.92. The predicted octanol–water partition coefficient (Wildman–Crippen LogP) is 2.35. The molecule has 1 N–H and O–H groups in total. The van der Waals surface area contributed by atoms with Gasteiger partial charge in [-0.15, -0.1) is 0 Å². The molecule has 2 aliphatic rings. The summed E-state index contributed by atoms with van der Waals surface area (Å²) in [6, 6.07) is 6.77. The number of hydrogen-bond donors (Lipinski definition) is 1. The lowest BCUT2D eigenvalue weighted by Crippen LogP contribution is -2.63. The number of carboxylic acids is 1. The Bertz CT molecular complexity index is 636. The van der Waals surface area contributed by atoms with Crippen LogP contribution in [0.4, 0.5) is 0 Å². The fourth-order valence-corrected chi connectivity index (χ4v) is 4.16. The zero-order valence-electron chi connectivity index (χ0n) is 13.2. The van der Waals surface area contributed by atoms with Gasteiger partial charge in [0.25, 0.3) is 5.91 Å². The molecule has 1 amide bonds. The number of fused-ring (bicyclic) bond motifs is 1. The van der Waals surface area contributed by atoms with Crippen LogP contribution in [0.25, 0.3) is 0 Å². The van der Waals surface area contributed by atoms with Crippen LogP contribution in [0.15, 0.2) is 24.3 Å². The van der Waals surface area contributed by atoms with Gasteiger partial charge in [0.1, 0.15) is 0 Å². The maximum Gasteiger partial charge on any atom is 0.311 e. The smallest absolute Gasteiger partial charge is 0.311 e. The molecule has 0 saturated carbocycles. The van der Waals surface area contributed by atoms with Gasteiger partial charge in [-0.2, -0.15) is 0 Å². The van der Waals surface area contributed by atoms with E-state index in [1.807, 2.05) is 7.05 Å². The highest BCUT2D eigenvalue weighted by atomic mass is 35.5. The Morgan fingerprint density at radius 1 is 1.30 bits per heavy atom. The summed E-state index contributed by atoms with van der Waals surface area (Å²) in [5.41, 5.74) is -0.170. The molecule has 3 rings (SSSR count). The molecule has 0 bridgehead atoms. The summed E-state index contributed by atoms with van der Waals surface area (Å²) in [4.78, 5) is 28.5. The van der Waals surface area contributed by atoms with Crippen molar-refractivity contribution in [1.82, 2.24) is 9.80 Å². The molecule has 0 aliphatic carbocycles. The molecule has 0 unspecified atom stereocenters. The average Bonchev–Trinajstić information content (AvgIpc) is 2.54. The monoisotopic (exact) mass is 336 g/mol. The highest BCUT2D eigenvalue weighted by Crippen LogP contribution is 2.42. The molecule has 6 heteroatoms. The highest BCUT2D eigenvalue weighted by molar-refractivity contribution is 6.30. The van der Waals surface area contributed by atoms with E-state index in [1.54, 1.807) is 29.2 Å². The Balaban J connectivity index is 1.83. The van der Waals surface area contributed by atoms with Gasteiger partial charge in [0.15, 0.2) is 0 Å². The van der Waals surface area contributed by atoms with Crippen LogP contribution in [-0.2, 0) is 4.79 Å². The molecule has 1 aromatic rings. The van der Waals surface area contributed by atoms with Gasteiger partial charge in [-0.05, 0) is 51.1 Å². The molecule has 23 heavy (non-hydrogen) atoms. The summed E-state index contributed by atoms with van der Waals surface area (Å²) >= 11 is 5.97. The number of likely N-dealkylation sites (N-methyl/N-ethyl adjacent to an activating group) is 1. The first-order valence-corrected chi connectivity index (χ1v) is 8.30. The van der Waals surface area contributed by atoms with E-state index in [4.69, 9.17) is 11.6 Å². The second kappa shape index (κ2) is 6.13. The first-order chi connectivity index (χ1) is 10.9. The van der Waals surface area contributed by atoms with Crippen molar-refractivity contribution < 1.29 is 14.7 Å². The summed E-state index contributed by atoms with van der Waals surface area (Å²) in [5.74, 6) is -0.811. The van der Waals surface area contributed by atoms with Crippen LogP contribution in [0.1, 0.15) is 29.6 Å². The lowest BCUT2D eigenvalue weighted by Gasteiger charge is -2.51. The first kappa shape index (κ1) is 16.3. The molecule has 0 aromatic heterocycles. The van der Waals surface area contributed by atoms with Gasteiger partial charge in [0.05, 0.1) is 5.41 Å². The van der Waals surface area contributed by atoms with E-state index in [0.29, 0.717) is 36.5 Å². The van der Waals surface area contributed by atoms with Crippen LogP contribution in [0, 0.1) is 5.41 Å². The van der Waals surface area contributed by atoms with Crippen molar-refractivity contribution in [3.8, 4) is 0 Å². The molecule has 2 saturated heterocycles. The number of nitrogens with zero attached hydrogens (tertiary/aromatic N) is 2. The number of benzene rings is 1. The highest BCUT2D eigenvalue weighted by Gasteiger charge is 2.52. The molecular weight excluding hydrogens is 316 g/mol. The average molecular weight is 337 g/mol. The number of amides is 1. The van der Waals surface area contributed by atoms with Crippen molar-refractivity contribution >= 4 is 23.5 Å². The summed E-state index contributed by atoms with van der Waals surface area (Å²) in [5, 5.41) is 10.3. The van der Waals surface area contributed by atoms with Gasteiger partial charge >= 0.3 is 5.97 Å². The molecule has 2 heterocycles. The van der Waals surface area contributed by atoms with E-state index in [2.05, 4.69) is 4.90 Å². The van der Waals surface area contributed by atoms with E-state index >= 15 is 0 Å². The number of rotatable bonds is 2. The molecular formula is C17H21ClN2O3. The maximum atomic E-state index is 12.7. The van der Waals surface area contributed by atoms with Gasteiger partial charge in [-0.25, -0.2) is 0 Å². The second-order valence-electron chi connectivity index (χ2n) is 6.57. The third-order valence-corrected chi connectivity index (χ3v) is 5.54. The van der Waals surface area contributed by atoms with Crippen LogP contribution in [0.5, 0.6) is 0 Å². The van der Waals surface area contributed by atoms with Crippen molar-refractivity contribution in [2.45, 2.75) is 25.3 Å². The van der Waals surface area contributed by atoms with Crippen molar-refractivity contribution in [2.24, 2.45) is 5.41 Å². The van der Waals surface area contributed by atoms with Gasteiger partial charge in [0, 0.05) is 29.7 Å². The van der Waals surface area contributed by atoms with Crippen LogP contribution < -0.4 is 0 Å². The van der Waals surface area contributed by atoms with Gasteiger partial charge < -0.3 is 14.9 Å². The van der Waals surface area contributed by atoms with Crippen LogP contribution >= 0.6 is 11.6 Å². The number of carbonyl (C=O) groups excluding carboxylic acids is 1. The van der Waals surface area contributed by atoms with Crippen LogP contribution in [-0.4, -0.2) is 59.5 Å². The predicted molar refractivity (Wildman–Crippen MR) is 87.7 cm³/mol. The molecule has 124 valence electrons. The number of likely N-dealkylation sites (tertiary alicyclic amines) is 2. The number of halogens is 1. The fourth-order valence-electron chi connectivity index (χ4n) is 3.97. The minimum absolute atomic E-state index is 0.0783. The van der Waals surface area contributed by atoms with Crippen molar-refractivity contribution in [3.63, 3.8) is 0 Å².